The van der Waals surface area contributed by atoms with Crippen LogP contribution in [0.25, 0.3) is 10.8 Å². The molecule has 0 aliphatic carbocycles. The highest BCUT2D eigenvalue weighted by atomic mass is 32.2. The van der Waals surface area contributed by atoms with Gasteiger partial charge in [0.15, 0.2) is 0 Å². The Morgan fingerprint density at radius 3 is 2.25 bits per heavy atom. The van der Waals surface area contributed by atoms with Crippen LogP contribution in [0.15, 0.2) is 35.2 Å². The number of hydrogen-bond acceptors (Lipinski definition) is 4. The van der Waals surface area contributed by atoms with Crippen molar-refractivity contribution >= 4 is 32.3 Å². The minimum atomic E-state index is -4.29. The van der Waals surface area contributed by atoms with Gasteiger partial charge in [-0.05, 0) is 29.7 Å². The normalized spacial score (nSPS) is 11.8. The maximum Gasteiger partial charge on any atom is 0.295 e. The number of hydrogen-bond donors (Lipinski definition) is 3. The molecule has 16 heavy (non-hydrogen) atoms. The summed E-state index contributed by atoms with van der Waals surface area (Å²) in [7, 11) is -4.29. The summed E-state index contributed by atoms with van der Waals surface area (Å²) >= 11 is 0. The minimum Gasteiger partial charge on any atom is -0.399 e. The van der Waals surface area contributed by atoms with Crippen LogP contribution in [0.5, 0.6) is 0 Å². The summed E-state index contributed by atoms with van der Waals surface area (Å²) in [5.74, 6) is 0. The number of anilines is 2. The molecule has 6 heteroatoms. The predicted octanol–water partition coefficient (Wildman–Crippen LogP) is 1.25. The number of fused-ring (bicyclic) bond motifs is 1. The van der Waals surface area contributed by atoms with Gasteiger partial charge in [-0.25, -0.2) is 0 Å². The third-order valence-electron chi connectivity index (χ3n) is 2.24. The Balaban J connectivity index is 2.94. The molecule has 0 aliphatic rings. The van der Waals surface area contributed by atoms with Crippen molar-refractivity contribution in [2.75, 3.05) is 11.5 Å². The van der Waals surface area contributed by atoms with Crippen molar-refractivity contribution in [1.82, 2.24) is 0 Å². The zero-order chi connectivity index (χ0) is 11.9. The van der Waals surface area contributed by atoms with E-state index in [1.54, 1.807) is 18.2 Å². The van der Waals surface area contributed by atoms with E-state index in [9.17, 15) is 8.42 Å². The third-order valence-corrected chi connectivity index (χ3v) is 3.13. The quantitative estimate of drug-likeness (QED) is 0.512. The van der Waals surface area contributed by atoms with Gasteiger partial charge in [0.2, 0.25) is 0 Å². The average Bonchev–Trinajstić information content (AvgIpc) is 2.14. The van der Waals surface area contributed by atoms with Crippen molar-refractivity contribution in [2.24, 2.45) is 0 Å². The van der Waals surface area contributed by atoms with Crippen LogP contribution in [0.1, 0.15) is 0 Å². The Hall–Kier alpha value is -1.79. The molecule has 5 nitrogen and oxygen atoms in total. The molecule has 2 aromatic rings. The Bertz CT molecular complexity index is 660. The Morgan fingerprint density at radius 2 is 1.62 bits per heavy atom. The van der Waals surface area contributed by atoms with Crippen LogP contribution in [-0.4, -0.2) is 13.0 Å². The first-order chi connectivity index (χ1) is 7.38. The van der Waals surface area contributed by atoms with Crippen LogP contribution in [-0.2, 0) is 10.1 Å². The Morgan fingerprint density at radius 1 is 1.00 bits per heavy atom. The zero-order valence-electron chi connectivity index (χ0n) is 8.21. The summed E-state index contributed by atoms with van der Waals surface area (Å²) in [4.78, 5) is -0.206. The first kappa shape index (κ1) is 10.7. The molecule has 0 amide bonds. The van der Waals surface area contributed by atoms with Gasteiger partial charge < -0.3 is 11.5 Å². The molecule has 0 spiro atoms. The number of rotatable bonds is 1. The molecular weight excluding hydrogens is 228 g/mol. The highest BCUT2D eigenvalue weighted by molar-refractivity contribution is 7.86. The fourth-order valence-corrected chi connectivity index (χ4v) is 2.34. The molecule has 0 saturated carbocycles. The van der Waals surface area contributed by atoms with Gasteiger partial charge in [0.25, 0.3) is 10.1 Å². The first-order valence-electron chi connectivity index (χ1n) is 4.44. The van der Waals surface area contributed by atoms with Crippen LogP contribution < -0.4 is 11.5 Å². The fraction of sp³-hybridized carbons (Fsp3) is 0. The van der Waals surface area contributed by atoms with Crippen molar-refractivity contribution in [3.63, 3.8) is 0 Å². The van der Waals surface area contributed by atoms with Crippen molar-refractivity contribution in [1.29, 1.82) is 0 Å². The van der Waals surface area contributed by atoms with E-state index in [1.165, 1.54) is 12.1 Å². The van der Waals surface area contributed by atoms with Crippen LogP contribution in [0.4, 0.5) is 11.4 Å². The molecule has 2 aromatic carbocycles. The second kappa shape index (κ2) is 3.36. The second-order valence-corrected chi connectivity index (χ2v) is 4.86. The number of nitrogens with two attached hydrogens (primary N) is 2. The summed E-state index contributed by atoms with van der Waals surface area (Å²) in [6.45, 7) is 0. The molecule has 5 N–H and O–H groups in total. The van der Waals surface area contributed by atoms with Crippen LogP contribution >= 0.6 is 0 Å². The predicted molar refractivity (Wildman–Crippen MR) is 62.6 cm³/mol. The summed E-state index contributed by atoms with van der Waals surface area (Å²) in [6, 6.07) is 7.51. The molecule has 2 rings (SSSR count). The van der Waals surface area contributed by atoms with Crippen molar-refractivity contribution in [3.05, 3.63) is 30.3 Å². The van der Waals surface area contributed by atoms with Crippen molar-refractivity contribution in [2.45, 2.75) is 4.90 Å². The lowest BCUT2D eigenvalue weighted by Crippen LogP contribution is -2.01. The van der Waals surface area contributed by atoms with Crippen molar-refractivity contribution in [3.8, 4) is 0 Å². The molecule has 0 fully saturated rings. The van der Waals surface area contributed by atoms with Crippen LogP contribution in [0.3, 0.4) is 0 Å². The van der Waals surface area contributed by atoms with E-state index in [2.05, 4.69) is 0 Å². The van der Waals surface area contributed by atoms with Gasteiger partial charge >= 0.3 is 0 Å². The summed E-state index contributed by atoms with van der Waals surface area (Å²) in [6.07, 6.45) is 0. The summed E-state index contributed by atoms with van der Waals surface area (Å²) < 4.78 is 31.4. The number of benzene rings is 2. The van der Waals surface area contributed by atoms with E-state index in [0.29, 0.717) is 16.5 Å². The molecule has 0 atom stereocenters. The lowest BCUT2D eigenvalue weighted by molar-refractivity contribution is 0.484. The Kier molecular flexibility index (Phi) is 2.25. The molecular formula is C10H10N2O3S. The maximum atomic E-state index is 11.2. The molecule has 84 valence electrons. The number of nitrogen functional groups attached to an aromatic ring is 2. The lowest BCUT2D eigenvalue weighted by atomic mass is 10.1. The van der Waals surface area contributed by atoms with E-state index in [0.717, 1.165) is 0 Å². The van der Waals surface area contributed by atoms with Crippen LogP contribution in [0, 0.1) is 0 Å². The van der Waals surface area contributed by atoms with E-state index >= 15 is 0 Å². The monoisotopic (exact) mass is 238 g/mol. The molecule has 0 radical (unpaired) electrons. The first-order valence-corrected chi connectivity index (χ1v) is 5.88. The topological polar surface area (TPSA) is 106 Å². The van der Waals surface area contributed by atoms with E-state index in [1.807, 2.05) is 0 Å². The largest absolute Gasteiger partial charge is 0.399 e. The van der Waals surface area contributed by atoms with Gasteiger partial charge in [0.1, 0.15) is 4.90 Å². The fourth-order valence-electron chi connectivity index (χ4n) is 1.59. The third kappa shape index (κ3) is 1.80. The van der Waals surface area contributed by atoms with Gasteiger partial charge in [-0.1, -0.05) is 6.07 Å². The SMILES string of the molecule is Nc1ccc2c(S(=O)(=O)O)cc(N)cc2c1. The lowest BCUT2D eigenvalue weighted by Gasteiger charge is -2.06. The zero-order valence-corrected chi connectivity index (χ0v) is 9.03. The second-order valence-electron chi connectivity index (χ2n) is 3.47. The van der Waals surface area contributed by atoms with Gasteiger partial charge in [-0.3, -0.25) is 4.55 Å². The molecule has 0 saturated heterocycles. The highest BCUT2D eigenvalue weighted by Gasteiger charge is 2.14. The van der Waals surface area contributed by atoms with Crippen LogP contribution in [0.2, 0.25) is 0 Å². The van der Waals surface area contributed by atoms with Gasteiger partial charge in [0.05, 0.1) is 0 Å². The van der Waals surface area contributed by atoms with Crippen molar-refractivity contribution < 1.29 is 13.0 Å². The van der Waals surface area contributed by atoms with E-state index < -0.39 is 10.1 Å². The van der Waals surface area contributed by atoms with Gasteiger partial charge in [-0.15, -0.1) is 0 Å². The Labute approximate surface area is 92.4 Å². The maximum absolute atomic E-state index is 11.2. The van der Waals surface area contributed by atoms with E-state index in [-0.39, 0.29) is 10.6 Å². The molecule has 0 aromatic heterocycles. The van der Waals surface area contributed by atoms with Gasteiger partial charge in [0, 0.05) is 16.8 Å². The molecule has 0 unspecified atom stereocenters. The average molecular weight is 238 g/mol. The molecule has 0 bridgehead atoms. The van der Waals surface area contributed by atoms with Gasteiger partial charge in [-0.2, -0.15) is 8.42 Å². The molecule has 0 aliphatic heterocycles. The minimum absolute atomic E-state index is 0.206. The smallest absolute Gasteiger partial charge is 0.295 e. The summed E-state index contributed by atoms with van der Waals surface area (Å²) in [5, 5.41) is 0.971. The standard InChI is InChI=1S/C10H10N2O3S/c11-7-1-2-9-6(3-7)4-8(12)5-10(9)16(13,14)15/h1-5H,11-12H2,(H,13,14,15). The highest BCUT2D eigenvalue weighted by Crippen LogP contribution is 2.27. The molecule has 0 heterocycles. The summed E-state index contributed by atoms with van der Waals surface area (Å²) in [5.41, 5.74) is 11.9. The van der Waals surface area contributed by atoms with E-state index in [4.69, 9.17) is 16.0 Å².